The first kappa shape index (κ1) is 26.9. The molecule has 5 nitrogen and oxygen atoms in total. The maximum Gasteiger partial charge on any atom is 0.220 e. The second-order valence-electron chi connectivity index (χ2n) is 7.87. The Balaban J connectivity index is 0.00000338. The van der Waals surface area contributed by atoms with Crippen LogP contribution in [0, 0.1) is 17.8 Å². The van der Waals surface area contributed by atoms with Crippen LogP contribution in [0.1, 0.15) is 52.9 Å². The van der Waals surface area contributed by atoms with Crippen LogP contribution in [0.5, 0.6) is 0 Å². The van der Waals surface area contributed by atoms with Crippen LogP contribution in [0.2, 0.25) is 0 Å². The van der Waals surface area contributed by atoms with E-state index >= 15 is 0 Å². The maximum absolute atomic E-state index is 12.5. The molecule has 2 rings (SSSR count). The zero-order valence-corrected chi connectivity index (χ0v) is 19.0. The lowest BCUT2D eigenvalue weighted by Crippen LogP contribution is -2.52. The van der Waals surface area contributed by atoms with E-state index in [9.17, 15) is 4.79 Å². The Hall–Kier alpha value is -0.0700. The number of carbonyl (C=O) groups is 1. The molecule has 1 amide bonds. The summed E-state index contributed by atoms with van der Waals surface area (Å²) in [7, 11) is 0. The van der Waals surface area contributed by atoms with E-state index in [1.807, 2.05) is 0 Å². The highest BCUT2D eigenvalue weighted by Gasteiger charge is 2.28. The number of carbonyl (C=O) groups excluding carboxylic acids is 1. The molecule has 0 spiro atoms. The monoisotopic (exact) mass is 425 g/mol. The van der Waals surface area contributed by atoms with Gasteiger partial charge in [0.25, 0.3) is 0 Å². The Morgan fingerprint density at radius 1 is 1.15 bits per heavy atom. The summed E-state index contributed by atoms with van der Waals surface area (Å²) in [6.45, 7) is 13.4. The number of nitrogens with one attached hydrogen (secondary N) is 2. The summed E-state index contributed by atoms with van der Waals surface area (Å²) in [6, 6.07) is 0.442. The molecule has 0 aromatic carbocycles. The Bertz CT molecular complexity index is 385. The number of nitrogens with zero attached hydrogens (tertiary/aromatic N) is 1. The van der Waals surface area contributed by atoms with Gasteiger partial charge in [-0.15, -0.1) is 24.8 Å². The predicted molar refractivity (Wildman–Crippen MR) is 117 cm³/mol. The highest BCUT2D eigenvalue weighted by molar-refractivity contribution is 5.85. The second kappa shape index (κ2) is 14.9. The third-order valence-electron chi connectivity index (χ3n) is 6.31. The van der Waals surface area contributed by atoms with Crippen molar-refractivity contribution in [3.05, 3.63) is 0 Å². The van der Waals surface area contributed by atoms with E-state index in [4.69, 9.17) is 4.74 Å². The molecule has 0 aromatic rings. The summed E-state index contributed by atoms with van der Waals surface area (Å²) in [5.74, 6) is 2.05. The minimum atomic E-state index is 0. The van der Waals surface area contributed by atoms with Gasteiger partial charge in [0.1, 0.15) is 0 Å². The number of ether oxygens (including phenoxy) is 1. The van der Waals surface area contributed by atoms with Gasteiger partial charge in [-0.3, -0.25) is 9.69 Å². The van der Waals surface area contributed by atoms with Gasteiger partial charge in [0.2, 0.25) is 5.91 Å². The van der Waals surface area contributed by atoms with Gasteiger partial charge >= 0.3 is 0 Å². The summed E-state index contributed by atoms with van der Waals surface area (Å²) >= 11 is 0. The number of rotatable bonds is 9. The van der Waals surface area contributed by atoms with Gasteiger partial charge in [-0.2, -0.15) is 0 Å². The normalized spacial score (nSPS) is 21.0. The molecule has 2 atom stereocenters. The van der Waals surface area contributed by atoms with Crippen molar-refractivity contribution >= 4 is 30.7 Å². The number of hydrogen-bond donors (Lipinski definition) is 2. The lowest BCUT2D eigenvalue weighted by atomic mass is 9.84. The van der Waals surface area contributed by atoms with E-state index in [1.165, 1.54) is 25.7 Å². The lowest BCUT2D eigenvalue weighted by molar-refractivity contribution is -0.122. The first-order chi connectivity index (χ1) is 12.2. The fraction of sp³-hybridized carbons (Fsp3) is 0.950. The predicted octanol–water partition coefficient (Wildman–Crippen LogP) is 3.11. The van der Waals surface area contributed by atoms with Crippen molar-refractivity contribution in [3.8, 4) is 0 Å². The molecule has 0 aromatic heterocycles. The summed E-state index contributed by atoms with van der Waals surface area (Å²) in [5, 5.41) is 6.67. The van der Waals surface area contributed by atoms with Crippen molar-refractivity contribution in [2.75, 3.05) is 45.9 Å². The Morgan fingerprint density at radius 2 is 1.74 bits per heavy atom. The standard InChI is InChI=1S/C20H39N3O2.2ClH/c1-4-17(5-2)19(23-10-12-25-13-11-23)15-22-20(24)14-16(3)18-6-8-21-9-7-18;;/h16-19,21H,4-15H2,1-3H3,(H,22,24);2*1H. The minimum Gasteiger partial charge on any atom is -0.379 e. The molecule has 2 aliphatic heterocycles. The SMILES string of the molecule is CCC(CC)C(CNC(=O)CC(C)C1CCNCC1)N1CCOCC1.Cl.Cl. The van der Waals surface area contributed by atoms with Crippen molar-refractivity contribution in [1.82, 2.24) is 15.5 Å². The van der Waals surface area contributed by atoms with Gasteiger partial charge < -0.3 is 15.4 Å². The van der Waals surface area contributed by atoms with Gasteiger partial charge in [-0.25, -0.2) is 0 Å². The Kier molecular flexibility index (Phi) is 14.8. The molecule has 7 heteroatoms. The van der Waals surface area contributed by atoms with Crippen molar-refractivity contribution in [3.63, 3.8) is 0 Å². The largest absolute Gasteiger partial charge is 0.379 e. The van der Waals surface area contributed by atoms with Crippen LogP contribution in [-0.4, -0.2) is 62.8 Å². The molecule has 2 N–H and O–H groups in total. The van der Waals surface area contributed by atoms with Crippen LogP contribution in [0.3, 0.4) is 0 Å². The smallest absolute Gasteiger partial charge is 0.220 e. The van der Waals surface area contributed by atoms with Crippen molar-refractivity contribution in [2.45, 2.75) is 58.9 Å². The fourth-order valence-corrected chi connectivity index (χ4v) is 4.50. The van der Waals surface area contributed by atoms with Crippen molar-refractivity contribution in [1.29, 1.82) is 0 Å². The van der Waals surface area contributed by atoms with Crippen LogP contribution >= 0.6 is 24.8 Å². The van der Waals surface area contributed by atoms with E-state index in [0.29, 0.717) is 30.2 Å². The Labute approximate surface area is 178 Å². The summed E-state index contributed by atoms with van der Waals surface area (Å²) in [5.41, 5.74) is 0. The number of piperidine rings is 1. The molecule has 2 saturated heterocycles. The third-order valence-corrected chi connectivity index (χ3v) is 6.31. The summed E-state index contributed by atoms with van der Waals surface area (Å²) in [4.78, 5) is 15.0. The van der Waals surface area contributed by atoms with Crippen LogP contribution < -0.4 is 10.6 Å². The van der Waals surface area contributed by atoms with E-state index in [0.717, 1.165) is 45.9 Å². The number of morpholine rings is 1. The van der Waals surface area contributed by atoms with E-state index in [-0.39, 0.29) is 30.7 Å². The van der Waals surface area contributed by atoms with Gasteiger partial charge in [0.05, 0.1) is 13.2 Å². The minimum absolute atomic E-state index is 0. The van der Waals surface area contributed by atoms with Gasteiger partial charge in [-0.05, 0) is 43.7 Å². The highest BCUT2D eigenvalue weighted by atomic mass is 35.5. The lowest BCUT2D eigenvalue weighted by Gasteiger charge is -2.39. The Morgan fingerprint density at radius 3 is 2.30 bits per heavy atom. The average molecular weight is 426 g/mol. The molecule has 27 heavy (non-hydrogen) atoms. The molecule has 0 radical (unpaired) electrons. The van der Waals surface area contributed by atoms with Gasteiger partial charge in [-0.1, -0.05) is 33.6 Å². The second-order valence-corrected chi connectivity index (χ2v) is 7.87. The average Bonchev–Trinajstić information content (AvgIpc) is 2.66. The molecular weight excluding hydrogens is 385 g/mol. The molecule has 2 fully saturated rings. The van der Waals surface area contributed by atoms with E-state index in [1.54, 1.807) is 0 Å². The topological polar surface area (TPSA) is 53.6 Å². The van der Waals surface area contributed by atoms with Crippen LogP contribution in [-0.2, 0) is 9.53 Å². The third kappa shape index (κ3) is 8.86. The maximum atomic E-state index is 12.5. The van der Waals surface area contributed by atoms with E-state index < -0.39 is 0 Å². The van der Waals surface area contributed by atoms with Crippen LogP contribution in [0.15, 0.2) is 0 Å². The van der Waals surface area contributed by atoms with Crippen LogP contribution in [0.4, 0.5) is 0 Å². The number of hydrogen-bond acceptors (Lipinski definition) is 4. The van der Waals surface area contributed by atoms with Crippen molar-refractivity contribution < 1.29 is 9.53 Å². The first-order valence-electron chi connectivity index (χ1n) is 10.4. The number of amides is 1. The quantitative estimate of drug-likeness (QED) is 0.595. The first-order valence-corrected chi connectivity index (χ1v) is 10.4. The van der Waals surface area contributed by atoms with Gasteiger partial charge in [0.15, 0.2) is 0 Å². The molecule has 0 aliphatic carbocycles. The molecule has 2 unspecified atom stereocenters. The molecule has 2 aliphatic rings. The molecular formula is C20H41Cl2N3O2. The summed E-state index contributed by atoms with van der Waals surface area (Å²) in [6.07, 6.45) is 5.42. The van der Waals surface area contributed by atoms with E-state index in [2.05, 4.69) is 36.3 Å². The molecule has 0 saturated carbocycles. The zero-order valence-electron chi connectivity index (χ0n) is 17.4. The highest BCUT2D eigenvalue weighted by Crippen LogP contribution is 2.24. The molecule has 0 bridgehead atoms. The summed E-state index contributed by atoms with van der Waals surface area (Å²) < 4.78 is 5.51. The zero-order chi connectivity index (χ0) is 18.1. The number of halogens is 2. The molecule has 2 heterocycles. The van der Waals surface area contributed by atoms with Crippen molar-refractivity contribution in [2.24, 2.45) is 17.8 Å². The fourth-order valence-electron chi connectivity index (χ4n) is 4.50. The molecule has 162 valence electrons. The van der Waals surface area contributed by atoms with Crippen LogP contribution in [0.25, 0.3) is 0 Å². The van der Waals surface area contributed by atoms with Gasteiger partial charge in [0, 0.05) is 32.1 Å².